The zero-order chi connectivity index (χ0) is 23.5. The van der Waals surface area contributed by atoms with E-state index >= 15 is 0 Å². The van der Waals surface area contributed by atoms with Crippen molar-refractivity contribution in [3.63, 3.8) is 0 Å². The average molecular weight is 469 g/mol. The number of hydrogen-bond donors (Lipinski definition) is 1. The first kappa shape index (κ1) is 21.2. The van der Waals surface area contributed by atoms with Gasteiger partial charge >= 0.3 is 0 Å². The van der Waals surface area contributed by atoms with Crippen LogP contribution >= 0.6 is 0 Å². The smallest absolute Gasteiger partial charge is 0.235 e. The Morgan fingerprint density at radius 3 is 2.88 bits per heavy atom. The number of nitrogens with zero attached hydrogens (tertiary/aromatic N) is 5. The summed E-state index contributed by atoms with van der Waals surface area (Å²) in [4.78, 5) is 4.24. The molecule has 1 aromatic carbocycles. The summed E-state index contributed by atoms with van der Waals surface area (Å²) in [5.41, 5.74) is 8.82. The Kier molecular flexibility index (Phi) is 4.79. The topological polar surface area (TPSA) is 127 Å². The molecule has 33 heavy (non-hydrogen) atoms. The lowest BCUT2D eigenvalue weighted by molar-refractivity contribution is 0.227. The molecule has 2 aromatic heterocycles. The molecular weight excluding hydrogens is 447 g/mol. The maximum Gasteiger partial charge on any atom is 0.235 e. The molecule has 2 aliphatic heterocycles. The maximum absolute atomic E-state index is 14.2. The van der Waals surface area contributed by atoms with Crippen LogP contribution in [0.15, 0.2) is 30.5 Å². The van der Waals surface area contributed by atoms with Crippen molar-refractivity contribution in [3.8, 4) is 22.9 Å². The summed E-state index contributed by atoms with van der Waals surface area (Å²) in [5.74, 6) is -0.180. The van der Waals surface area contributed by atoms with Gasteiger partial charge in [0.1, 0.15) is 23.7 Å². The highest BCUT2D eigenvalue weighted by Crippen LogP contribution is 2.41. The van der Waals surface area contributed by atoms with E-state index in [4.69, 9.17) is 10.5 Å². The van der Waals surface area contributed by atoms with Crippen molar-refractivity contribution in [2.45, 2.75) is 31.9 Å². The molecule has 2 aliphatic rings. The number of halogens is 1. The van der Waals surface area contributed by atoms with Crippen LogP contribution < -0.4 is 14.8 Å². The van der Waals surface area contributed by atoms with Crippen molar-refractivity contribution in [1.29, 1.82) is 5.26 Å². The summed E-state index contributed by atoms with van der Waals surface area (Å²) >= 11 is 0. The van der Waals surface area contributed by atoms with E-state index in [-0.39, 0.29) is 23.7 Å². The van der Waals surface area contributed by atoms with Gasteiger partial charge in [0, 0.05) is 36.4 Å². The Morgan fingerprint density at radius 2 is 2.12 bits per heavy atom. The van der Waals surface area contributed by atoms with Crippen LogP contribution in [0.5, 0.6) is 5.75 Å². The zero-order valence-electron chi connectivity index (χ0n) is 18.0. The van der Waals surface area contributed by atoms with Gasteiger partial charge in [0.25, 0.3) is 0 Å². The molecule has 0 spiro atoms. The van der Waals surface area contributed by atoms with Crippen LogP contribution in [0.2, 0.25) is 0 Å². The SMILES string of the molecule is C[C@H]1Oc2cc(cnc2N)-c2c(nn(C)c2C#N)CC2CCS(=O)(=O)N2c2ccc(F)cc21. The molecule has 2 atom stereocenters. The van der Waals surface area contributed by atoms with E-state index in [1.54, 1.807) is 20.0 Å². The van der Waals surface area contributed by atoms with Gasteiger partial charge in [-0.1, -0.05) is 0 Å². The van der Waals surface area contributed by atoms with E-state index in [9.17, 15) is 18.1 Å². The van der Waals surface area contributed by atoms with Gasteiger partial charge in [0.05, 0.1) is 23.2 Å². The van der Waals surface area contributed by atoms with E-state index in [1.807, 2.05) is 0 Å². The monoisotopic (exact) mass is 468 g/mol. The molecule has 3 aromatic rings. The summed E-state index contributed by atoms with van der Waals surface area (Å²) in [5, 5.41) is 14.3. The maximum atomic E-state index is 14.2. The van der Waals surface area contributed by atoms with Crippen LogP contribution in [0.25, 0.3) is 11.1 Å². The largest absolute Gasteiger partial charge is 0.482 e. The third-order valence-electron chi connectivity index (χ3n) is 6.13. The number of sulfonamides is 1. The highest BCUT2D eigenvalue weighted by molar-refractivity contribution is 7.93. The molecule has 9 nitrogen and oxygen atoms in total. The summed E-state index contributed by atoms with van der Waals surface area (Å²) in [7, 11) is -1.99. The molecule has 0 amide bonds. The number of pyridine rings is 1. The van der Waals surface area contributed by atoms with Gasteiger partial charge in [-0.05, 0) is 37.6 Å². The van der Waals surface area contributed by atoms with Crippen LogP contribution in [0.4, 0.5) is 15.9 Å². The molecule has 2 bridgehead atoms. The Balaban J connectivity index is 1.80. The van der Waals surface area contributed by atoms with Crippen molar-refractivity contribution in [3.05, 3.63) is 53.2 Å². The Bertz CT molecular complexity index is 1430. The van der Waals surface area contributed by atoms with Crippen LogP contribution in [-0.2, 0) is 23.5 Å². The molecular formula is C22H21FN6O3S. The Hall–Kier alpha value is -3.65. The minimum Gasteiger partial charge on any atom is -0.482 e. The number of aryl methyl sites for hydroxylation is 1. The minimum atomic E-state index is -3.65. The number of nitriles is 1. The standard InChI is InChI=1S/C22H21FN6O3S/c1-12-16-8-14(23)3-4-18(16)29-15(5-6-33(29,30)31)9-17-21(19(10-24)28(2)27-17)13-7-20(32-12)22(25)26-11-13/h3-4,7-8,11-12,15H,5-6,9H2,1-2H3,(H2,25,26)/t12-,15?/m1/s1. The highest BCUT2D eigenvalue weighted by Gasteiger charge is 2.40. The van der Waals surface area contributed by atoms with Gasteiger partial charge in [-0.3, -0.25) is 8.99 Å². The van der Waals surface area contributed by atoms with Gasteiger partial charge < -0.3 is 10.5 Å². The second-order valence-electron chi connectivity index (χ2n) is 8.23. The van der Waals surface area contributed by atoms with Crippen molar-refractivity contribution >= 4 is 21.5 Å². The van der Waals surface area contributed by atoms with Gasteiger partial charge in [0.2, 0.25) is 10.0 Å². The zero-order valence-corrected chi connectivity index (χ0v) is 18.8. The molecule has 5 rings (SSSR count). The third kappa shape index (κ3) is 3.38. The fourth-order valence-electron chi connectivity index (χ4n) is 4.63. The van der Waals surface area contributed by atoms with Crippen molar-refractivity contribution in [2.24, 2.45) is 7.05 Å². The lowest BCUT2D eigenvalue weighted by Crippen LogP contribution is -2.36. The molecule has 1 unspecified atom stereocenters. The number of hydrogen-bond acceptors (Lipinski definition) is 7. The predicted octanol–water partition coefficient (Wildman–Crippen LogP) is 2.68. The molecule has 0 aliphatic carbocycles. The summed E-state index contributed by atoms with van der Waals surface area (Å²) in [6, 6.07) is 7.39. The van der Waals surface area contributed by atoms with Crippen molar-refractivity contribution in [2.75, 3.05) is 15.8 Å². The molecule has 0 saturated carbocycles. The van der Waals surface area contributed by atoms with E-state index in [2.05, 4.69) is 16.2 Å². The first-order valence-corrected chi connectivity index (χ1v) is 12.0. The molecule has 0 radical (unpaired) electrons. The minimum absolute atomic E-state index is 0.0424. The second-order valence-corrected chi connectivity index (χ2v) is 10.2. The lowest BCUT2D eigenvalue weighted by atomic mass is 9.98. The van der Waals surface area contributed by atoms with Gasteiger partial charge in [-0.15, -0.1) is 0 Å². The number of nitrogen functional groups attached to an aromatic ring is 1. The molecule has 170 valence electrons. The van der Waals surface area contributed by atoms with Crippen LogP contribution in [0, 0.1) is 17.1 Å². The van der Waals surface area contributed by atoms with Crippen molar-refractivity contribution in [1.82, 2.24) is 14.8 Å². The van der Waals surface area contributed by atoms with Crippen LogP contribution in [0.1, 0.15) is 36.4 Å². The number of fused-ring (bicyclic) bond motifs is 7. The number of nitrogens with two attached hydrogens (primary N) is 1. The van der Waals surface area contributed by atoms with Gasteiger partial charge in [-0.25, -0.2) is 17.8 Å². The molecule has 4 heterocycles. The number of aromatic nitrogens is 3. The van der Waals surface area contributed by atoms with Crippen LogP contribution in [0.3, 0.4) is 0 Å². The lowest BCUT2D eigenvalue weighted by Gasteiger charge is -2.29. The first-order valence-electron chi connectivity index (χ1n) is 10.4. The normalized spacial score (nSPS) is 21.0. The number of benzene rings is 1. The molecule has 2 N–H and O–H groups in total. The third-order valence-corrected chi connectivity index (χ3v) is 7.98. The Morgan fingerprint density at radius 1 is 1.33 bits per heavy atom. The first-order chi connectivity index (χ1) is 15.7. The summed E-state index contributed by atoms with van der Waals surface area (Å²) in [6.07, 6.45) is 1.46. The fraction of sp³-hybridized carbons (Fsp3) is 0.318. The number of anilines is 2. The van der Waals surface area contributed by atoms with E-state index in [0.29, 0.717) is 40.2 Å². The average Bonchev–Trinajstić information content (AvgIpc) is 3.24. The quantitative estimate of drug-likeness (QED) is 0.537. The fourth-order valence-corrected chi connectivity index (χ4v) is 6.50. The molecule has 11 heteroatoms. The van der Waals surface area contributed by atoms with E-state index < -0.39 is 28.0 Å². The van der Waals surface area contributed by atoms with Gasteiger partial charge in [0.15, 0.2) is 11.6 Å². The van der Waals surface area contributed by atoms with Crippen LogP contribution in [-0.4, -0.2) is 35.0 Å². The molecule has 1 saturated heterocycles. The second kappa shape index (κ2) is 7.45. The highest BCUT2D eigenvalue weighted by atomic mass is 32.2. The summed E-state index contributed by atoms with van der Waals surface area (Å²) in [6.45, 7) is 1.70. The molecule has 1 fully saturated rings. The Labute approximate surface area is 190 Å². The van der Waals surface area contributed by atoms with Gasteiger partial charge in [-0.2, -0.15) is 10.4 Å². The summed E-state index contributed by atoms with van der Waals surface area (Å²) < 4.78 is 49.3. The number of ether oxygens (including phenoxy) is 1. The number of rotatable bonds is 0. The van der Waals surface area contributed by atoms with E-state index in [0.717, 1.165) is 0 Å². The predicted molar refractivity (Wildman–Crippen MR) is 119 cm³/mol. The van der Waals surface area contributed by atoms with Crippen molar-refractivity contribution < 1.29 is 17.5 Å². The van der Waals surface area contributed by atoms with E-state index in [1.165, 1.54) is 33.4 Å².